The number of pyridine rings is 1. The average Bonchev–Trinajstić information content (AvgIpc) is 3.50. The van der Waals surface area contributed by atoms with Crippen LogP contribution < -0.4 is 5.73 Å². The van der Waals surface area contributed by atoms with Crippen molar-refractivity contribution in [2.24, 2.45) is 13.0 Å². The molecule has 14 nitrogen and oxygen atoms in total. The maximum absolute atomic E-state index is 13.4. The molecular weight excluding hydrogens is 558 g/mol. The second-order valence-corrected chi connectivity index (χ2v) is 13.6. The first-order chi connectivity index (χ1) is 20.1. The van der Waals surface area contributed by atoms with Gasteiger partial charge in [0.15, 0.2) is 21.2 Å². The van der Waals surface area contributed by atoms with E-state index in [-0.39, 0.29) is 39.8 Å². The van der Waals surface area contributed by atoms with Crippen molar-refractivity contribution in [1.29, 1.82) is 0 Å². The number of nitrogens with one attached hydrogen (secondary N) is 1. The Hall–Kier alpha value is -4.66. The molecule has 2 bridgehead atoms. The number of aromatic nitrogens is 9. The highest BCUT2D eigenvalue weighted by Gasteiger charge is 2.69. The third-order valence-electron chi connectivity index (χ3n) is 9.08. The molecule has 1 spiro atoms. The van der Waals surface area contributed by atoms with Gasteiger partial charge in [0.2, 0.25) is 0 Å². The van der Waals surface area contributed by atoms with E-state index in [9.17, 15) is 13.2 Å². The predicted molar refractivity (Wildman–Crippen MR) is 150 cm³/mol. The summed E-state index contributed by atoms with van der Waals surface area (Å²) in [7, 11) is -1.90. The summed E-state index contributed by atoms with van der Waals surface area (Å²) in [5.41, 5.74) is 10.3. The van der Waals surface area contributed by atoms with Crippen LogP contribution in [0, 0.1) is 5.92 Å². The molecule has 7 heterocycles. The fraction of sp³-hybridized carbons (Fsp3) is 0.370. The summed E-state index contributed by atoms with van der Waals surface area (Å²) in [5.74, 6) is 0.0620. The minimum atomic E-state index is -3.75. The number of aryl methyl sites for hydroxylation is 1. The highest BCUT2D eigenvalue weighted by Crippen LogP contribution is 2.66. The predicted octanol–water partition coefficient (Wildman–Crippen LogP) is 1.85. The highest BCUT2D eigenvalue weighted by atomic mass is 32.2. The molecule has 0 unspecified atom stereocenters. The van der Waals surface area contributed by atoms with Crippen LogP contribution >= 0.6 is 0 Å². The fourth-order valence-electron chi connectivity index (χ4n) is 7.29. The summed E-state index contributed by atoms with van der Waals surface area (Å²) in [4.78, 5) is 24.9. The number of nitrogens with two attached hydrogens (primary N) is 1. The van der Waals surface area contributed by atoms with E-state index in [1.54, 1.807) is 17.1 Å². The number of fused-ring (bicyclic) bond motifs is 2. The molecule has 4 atom stereocenters. The minimum absolute atomic E-state index is 0.00236. The zero-order valence-corrected chi connectivity index (χ0v) is 23.7. The van der Waals surface area contributed by atoms with E-state index in [0.29, 0.717) is 35.7 Å². The topological polar surface area (TPSA) is 183 Å². The molecule has 1 saturated carbocycles. The van der Waals surface area contributed by atoms with Crippen LogP contribution in [-0.4, -0.2) is 81.8 Å². The van der Waals surface area contributed by atoms with Crippen LogP contribution in [0.4, 0.5) is 5.82 Å². The lowest BCUT2D eigenvalue weighted by molar-refractivity contribution is 0.0455. The number of sulfone groups is 1. The number of carbonyl (C=O) groups excluding carboxylic acids is 1. The Morgan fingerprint density at radius 2 is 1.98 bits per heavy atom. The molecule has 1 aliphatic carbocycles. The van der Waals surface area contributed by atoms with E-state index in [1.807, 2.05) is 36.3 Å². The fourth-order valence-corrected chi connectivity index (χ4v) is 8.35. The van der Waals surface area contributed by atoms with Gasteiger partial charge in [0.1, 0.15) is 16.4 Å². The zero-order valence-electron chi connectivity index (χ0n) is 22.8. The first kappa shape index (κ1) is 25.1. The molecule has 3 N–H and O–H groups in total. The van der Waals surface area contributed by atoms with Gasteiger partial charge in [-0.15, -0.1) is 0 Å². The van der Waals surface area contributed by atoms with Crippen LogP contribution in [-0.2, 0) is 16.9 Å². The number of piperidine rings is 2. The number of nitrogen functional groups attached to an aromatic ring is 1. The number of hydrogen-bond acceptors (Lipinski definition) is 10. The third kappa shape index (κ3) is 3.55. The van der Waals surface area contributed by atoms with Gasteiger partial charge in [0.05, 0.1) is 23.8 Å². The molecule has 5 aromatic rings. The quantitative estimate of drug-likeness (QED) is 0.309. The van der Waals surface area contributed by atoms with Crippen molar-refractivity contribution in [2.45, 2.75) is 48.1 Å². The van der Waals surface area contributed by atoms with Crippen molar-refractivity contribution in [1.82, 2.24) is 49.7 Å². The monoisotopic (exact) mass is 585 g/mol. The lowest BCUT2D eigenvalue weighted by Crippen LogP contribution is -2.50. The van der Waals surface area contributed by atoms with Crippen molar-refractivity contribution >= 4 is 27.2 Å². The minimum Gasteiger partial charge on any atom is -0.382 e. The van der Waals surface area contributed by atoms with E-state index in [4.69, 9.17) is 10.7 Å². The van der Waals surface area contributed by atoms with Crippen molar-refractivity contribution < 1.29 is 13.2 Å². The molecule has 3 aliphatic rings. The Morgan fingerprint density at radius 3 is 2.64 bits per heavy atom. The van der Waals surface area contributed by atoms with Gasteiger partial charge in [-0.25, -0.2) is 13.4 Å². The number of H-pyrrole nitrogens is 1. The summed E-state index contributed by atoms with van der Waals surface area (Å²) in [6.07, 6.45) is 10.7. The van der Waals surface area contributed by atoms with Crippen LogP contribution in [0.3, 0.4) is 0 Å². The van der Waals surface area contributed by atoms with Crippen molar-refractivity contribution in [3.05, 3.63) is 54.4 Å². The van der Waals surface area contributed by atoms with Crippen molar-refractivity contribution in [2.75, 3.05) is 12.0 Å². The van der Waals surface area contributed by atoms with Crippen molar-refractivity contribution in [3.8, 4) is 22.5 Å². The first-order valence-corrected chi connectivity index (χ1v) is 15.6. The number of carbonyl (C=O) groups is 1. The van der Waals surface area contributed by atoms with E-state index in [0.717, 1.165) is 36.0 Å². The second kappa shape index (κ2) is 8.44. The molecule has 0 radical (unpaired) electrons. The summed E-state index contributed by atoms with van der Waals surface area (Å²) in [6, 6.07) is 5.63. The molecule has 1 amide bonds. The number of amides is 1. The Bertz CT molecular complexity index is 2000. The van der Waals surface area contributed by atoms with Crippen LogP contribution in [0.2, 0.25) is 0 Å². The van der Waals surface area contributed by atoms with E-state index < -0.39 is 9.84 Å². The number of nitrogens with zero attached hydrogens (tertiary/aromatic N) is 9. The van der Waals surface area contributed by atoms with Gasteiger partial charge >= 0.3 is 0 Å². The summed E-state index contributed by atoms with van der Waals surface area (Å²) < 4.78 is 29.4. The molecule has 0 aromatic carbocycles. The van der Waals surface area contributed by atoms with E-state index >= 15 is 0 Å². The van der Waals surface area contributed by atoms with Gasteiger partial charge in [-0.2, -0.15) is 30.1 Å². The van der Waals surface area contributed by atoms with Crippen molar-refractivity contribution in [3.63, 3.8) is 0 Å². The smallest absolute Gasteiger partial charge is 0.276 e. The Kier molecular flexibility index (Phi) is 5.04. The molecule has 5 aromatic heterocycles. The SMILES string of the molecule is Cn1ccc(-c2ccc(-c3cnn4c(N)c(S(C)(=O)=O)c([C@@H]5C[C@H]6C[C@@H]7C[C@]7(C5)N6C(=O)c5cn[nH]n5)nc34)cn2)n1. The second-order valence-electron chi connectivity index (χ2n) is 11.6. The molecule has 8 rings (SSSR count). The maximum Gasteiger partial charge on any atom is 0.276 e. The zero-order chi connectivity index (χ0) is 29.0. The van der Waals surface area contributed by atoms with Gasteiger partial charge in [0, 0.05) is 54.3 Å². The number of rotatable bonds is 5. The Balaban J connectivity index is 1.21. The first-order valence-electron chi connectivity index (χ1n) is 13.7. The van der Waals surface area contributed by atoms with Crippen LogP contribution in [0.1, 0.15) is 47.8 Å². The lowest BCUT2D eigenvalue weighted by Gasteiger charge is -2.42. The largest absolute Gasteiger partial charge is 0.382 e. The van der Waals surface area contributed by atoms with Gasteiger partial charge < -0.3 is 10.6 Å². The molecule has 214 valence electrons. The van der Waals surface area contributed by atoms with Gasteiger partial charge in [-0.1, -0.05) is 6.07 Å². The van der Waals surface area contributed by atoms with Crippen LogP contribution in [0.5, 0.6) is 0 Å². The summed E-state index contributed by atoms with van der Waals surface area (Å²) in [6.45, 7) is 0. The molecule has 15 heteroatoms. The average molecular weight is 586 g/mol. The Morgan fingerprint density at radius 1 is 1.12 bits per heavy atom. The highest BCUT2D eigenvalue weighted by molar-refractivity contribution is 7.91. The van der Waals surface area contributed by atoms with Crippen LogP contribution in [0.15, 0.2) is 47.9 Å². The van der Waals surface area contributed by atoms with Gasteiger partial charge in [0.25, 0.3) is 5.91 Å². The standard InChI is InChI=1S/C27H27N11O3S/c1-36-6-5-20(34-36)19-4-3-14(11-29-19)18-12-31-38-24(28)23(42(2,40)41)22(32-25(18)38)15-7-17-8-16-10-27(16,9-15)37(17)26(39)21-13-30-35-33-21/h3-6,11-13,15-17H,7-10,28H2,1-2H3,(H,30,33,35)/t15-,16-,17+,27+/m1/s1. The Labute approximate surface area is 239 Å². The number of hydrogen-bond donors (Lipinski definition) is 2. The number of aromatic amines is 1. The van der Waals surface area contributed by atoms with E-state index in [1.165, 1.54) is 10.7 Å². The lowest BCUT2D eigenvalue weighted by atomic mass is 9.84. The maximum atomic E-state index is 13.4. The molecule has 2 saturated heterocycles. The normalized spacial score (nSPS) is 24.7. The van der Waals surface area contributed by atoms with Crippen LogP contribution in [0.25, 0.3) is 28.2 Å². The van der Waals surface area contributed by atoms with Gasteiger partial charge in [-0.3, -0.25) is 14.5 Å². The van der Waals surface area contributed by atoms with Gasteiger partial charge in [-0.05, 0) is 43.7 Å². The van der Waals surface area contributed by atoms with E-state index in [2.05, 4.69) is 30.6 Å². The molecule has 3 fully saturated rings. The summed E-state index contributed by atoms with van der Waals surface area (Å²) in [5, 5.41) is 19.2. The molecule has 2 aliphatic heterocycles. The molecule has 42 heavy (non-hydrogen) atoms. The summed E-state index contributed by atoms with van der Waals surface area (Å²) >= 11 is 0. The number of anilines is 1. The molecular formula is C27H27N11O3S. The third-order valence-corrected chi connectivity index (χ3v) is 10.2.